The summed E-state index contributed by atoms with van der Waals surface area (Å²) < 4.78 is 6.66. The number of aryl methyl sites for hydroxylation is 1. The molecule has 0 nitrogen and oxygen atoms in total. The first-order chi connectivity index (χ1) is 22.1. The van der Waals surface area contributed by atoms with Crippen LogP contribution >= 0.6 is 24.8 Å². The Morgan fingerprint density at radius 1 is 0.600 bits per heavy atom. The van der Waals surface area contributed by atoms with Crippen molar-refractivity contribution in [1.29, 1.82) is 0 Å². The van der Waals surface area contributed by atoms with Crippen LogP contribution in [0.2, 0.25) is 28.9 Å². The van der Waals surface area contributed by atoms with Crippen molar-refractivity contribution in [2.45, 2.75) is 102 Å². The van der Waals surface area contributed by atoms with E-state index in [1.807, 2.05) is 0 Å². The van der Waals surface area contributed by atoms with Gasteiger partial charge in [0.05, 0.1) is 0 Å². The summed E-state index contributed by atoms with van der Waals surface area (Å²) in [6, 6.07) is 30.8. The Balaban J connectivity index is 0.00000281. The first-order valence-corrected chi connectivity index (χ1v) is 35.2. The van der Waals surface area contributed by atoms with Crippen molar-refractivity contribution in [2.75, 3.05) is 0 Å². The molecule has 2 aliphatic rings. The van der Waals surface area contributed by atoms with E-state index in [-0.39, 0.29) is 35.6 Å². The Bertz CT molecular complexity index is 2060. The SMILES string of the molecule is CC1=Cc2c(-c3ccc(C(C)(C)C)cc3)ccc(C)c2[CH]1[Zr]([CH3])([CH3])(=[SiH2])[CH]1C([Si](C)(C)C)=Cc2c(-c3ccc(C(C)(C)C)cc3)cccc21.Cl.Cl. The van der Waals surface area contributed by atoms with Gasteiger partial charge in [-0.15, -0.1) is 24.8 Å². The van der Waals surface area contributed by atoms with Crippen molar-refractivity contribution in [2.24, 2.45) is 0 Å². The molecule has 0 fully saturated rings. The summed E-state index contributed by atoms with van der Waals surface area (Å²) in [6.45, 7) is 28.9. The molecule has 4 aromatic rings. The van der Waals surface area contributed by atoms with Crippen LogP contribution in [0.15, 0.2) is 89.6 Å². The summed E-state index contributed by atoms with van der Waals surface area (Å²) in [5.41, 5.74) is 17.8. The van der Waals surface area contributed by atoms with E-state index in [2.05, 4.69) is 182 Å². The maximum atomic E-state index is 2.81. The molecule has 0 spiro atoms. The van der Waals surface area contributed by atoms with Crippen molar-refractivity contribution >= 4 is 51.9 Å². The quantitative estimate of drug-likeness (QED) is 0.176. The van der Waals surface area contributed by atoms with Crippen LogP contribution in [0.3, 0.4) is 0 Å². The molecule has 0 heterocycles. The van der Waals surface area contributed by atoms with Gasteiger partial charge in [-0.05, 0) is 0 Å². The van der Waals surface area contributed by atoms with Gasteiger partial charge in [-0.3, -0.25) is 0 Å². The van der Waals surface area contributed by atoms with Gasteiger partial charge < -0.3 is 0 Å². The second-order valence-corrected chi connectivity index (χ2v) is 54.8. The smallest absolute Gasteiger partial charge is 0.147 e. The molecule has 0 N–H and O–H groups in total. The van der Waals surface area contributed by atoms with Crippen LogP contribution in [0.5, 0.6) is 0 Å². The van der Waals surface area contributed by atoms with E-state index in [0.717, 1.165) is 0 Å². The van der Waals surface area contributed by atoms with E-state index in [4.69, 9.17) is 0 Å². The van der Waals surface area contributed by atoms with Gasteiger partial charge in [0.1, 0.15) is 0 Å². The molecular weight excluding hydrogens is 759 g/mol. The number of hydrogen-bond acceptors (Lipinski definition) is 0. The van der Waals surface area contributed by atoms with Gasteiger partial charge in [-0.2, -0.15) is 0 Å². The van der Waals surface area contributed by atoms with Crippen LogP contribution in [0.4, 0.5) is 0 Å². The van der Waals surface area contributed by atoms with E-state index < -0.39 is 25.5 Å². The predicted octanol–water partition coefficient (Wildman–Crippen LogP) is 13.6. The predicted molar refractivity (Wildman–Crippen MR) is 231 cm³/mol. The average Bonchev–Trinajstić information content (AvgIpc) is 3.57. The minimum atomic E-state index is -3.74. The molecule has 0 saturated carbocycles. The third-order valence-corrected chi connectivity index (χ3v) is 32.0. The molecule has 2 unspecified atom stereocenters. The largest absolute Gasteiger partial charge is 0.147 e. The van der Waals surface area contributed by atoms with Crippen molar-refractivity contribution in [3.05, 3.63) is 129 Å². The summed E-state index contributed by atoms with van der Waals surface area (Å²) in [7, 11) is -1.66. The Morgan fingerprint density at radius 2 is 1.08 bits per heavy atom. The van der Waals surface area contributed by atoms with Crippen LogP contribution in [-0.2, 0) is 28.2 Å². The van der Waals surface area contributed by atoms with E-state index in [9.17, 15) is 0 Å². The summed E-state index contributed by atoms with van der Waals surface area (Å²) >= 11 is -3.74. The third kappa shape index (κ3) is 7.13. The van der Waals surface area contributed by atoms with Crippen molar-refractivity contribution in [3.8, 4) is 22.3 Å². The normalized spacial score (nSPS) is 17.6. The summed E-state index contributed by atoms with van der Waals surface area (Å²) in [5, 5.41) is 1.77. The summed E-state index contributed by atoms with van der Waals surface area (Å²) in [4.78, 5) is 0. The number of rotatable bonds is 5. The molecule has 0 aromatic heterocycles. The van der Waals surface area contributed by atoms with Crippen LogP contribution in [0.25, 0.3) is 34.4 Å². The van der Waals surface area contributed by atoms with Gasteiger partial charge in [-0.25, -0.2) is 0 Å². The average molecular weight is 819 g/mol. The zero-order chi connectivity index (χ0) is 35.2. The molecule has 6 rings (SSSR count). The molecule has 5 heteroatoms. The van der Waals surface area contributed by atoms with Gasteiger partial charge >= 0.3 is 298 Å². The molecule has 4 aromatic carbocycles. The fourth-order valence-electron chi connectivity index (χ4n) is 9.09. The Hall–Kier alpha value is -1.74. The van der Waals surface area contributed by atoms with Gasteiger partial charge in [0.15, 0.2) is 0 Å². The number of hydrogen-bond donors (Lipinski definition) is 0. The second-order valence-electron chi connectivity index (χ2n) is 19.3. The number of allylic oxidation sites excluding steroid dienone is 2. The zero-order valence-electron chi connectivity index (χ0n) is 32.8. The number of benzene rings is 4. The summed E-state index contributed by atoms with van der Waals surface area (Å²) in [6.07, 6.45) is 5.26. The van der Waals surface area contributed by atoms with Crippen molar-refractivity contribution < 1.29 is 17.4 Å². The minimum Gasteiger partial charge on any atom is -0.147 e. The number of fused-ring (bicyclic) bond motifs is 2. The van der Waals surface area contributed by atoms with Crippen LogP contribution in [0.1, 0.15) is 94.7 Å². The van der Waals surface area contributed by atoms with Gasteiger partial charge in [0.2, 0.25) is 0 Å². The van der Waals surface area contributed by atoms with E-state index >= 15 is 0 Å². The van der Waals surface area contributed by atoms with Crippen LogP contribution in [-0.4, -0.2) is 15.0 Å². The van der Waals surface area contributed by atoms with Crippen molar-refractivity contribution in [3.63, 3.8) is 0 Å². The molecule has 0 bridgehead atoms. The topological polar surface area (TPSA) is 0 Å². The summed E-state index contributed by atoms with van der Waals surface area (Å²) in [5.74, 6) is 0. The molecule has 0 amide bonds. The molecule has 50 heavy (non-hydrogen) atoms. The van der Waals surface area contributed by atoms with E-state index in [0.29, 0.717) is 7.25 Å². The molecule has 2 aliphatic carbocycles. The van der Waals surface area contributed by atoms with Gasteiger partial charge in [0, 0.05) is 0 Å². The molecular formula is C45H60Cl2Si2Zr. The first-order valence-electron chi connectivity index (χ1n) is 18.0. The van der Waals surface area contributed by atoms with Crippen LogP contribution < -0.4 is 0 Å². The first kappa shape index (κ1) is 41.0. The number of halogens is 2. The Labute approximate surface area is 320 Å². The maximum Gasteiger partial charge on any atom is -0.147 e. The fraction of sp³-hybridized carbons (Fsp3) is 0.378. The molecule has 0 aliphatic heterocycles. The minimum absolute atomic E-state index is 0. The third-order valence-electron chi connectivity index (χ3n) is 11.6. The van der Waals surface area contributed by atoms with Crippen LogP contribution in [0, 0.1) is 6.92 Å². The monoisotopic (exact) mass is 816 g/mol. The van der Waals surface area contributed by atoms with E-state index in [1.54, 1.807) is 21.9 Å². The molecule has 0 radical (unpaired) electrons. The Morgan fingerprint density at radius 3 is 1.54 bits per heavy atom. The van der Waals surface area contributed by atoms with Gasteiger partial charge in [-0.1, -0.05) is 0 Å². The van der Waals surface area contributed by atoms with Crippen molar-refractivity contribution in [1.82, 2.24) is 0 Å². The fourth-order valence-corrected chi connectivity index (χ4v) is 37.4. The molecule has 2 atom stereocenters. The van der Waals surface area contributed by atoms with E-state index in [1.165, 1.54) is 50.1 Å². The van der Waals surface area contributed by atoms with Gasteiger partial charge in [0.25, 0.3) is 0 Å². The molecule has 0 saturated heterocycles. The maximum absolute atomic E-state index is 3.74. The standard InChI is InChI=1S/C22H27Si.C21H23.2CH3.2ClH.H2Si.Zr/c1-22(2,3)18-12-10-16(11-13-18)20-9-7-8-17-14-19(15-21(17)20)23(4,5)6;1-14-12-19-15(2)6-11-18(20(19)13-14)16-7-9-17(10-8-16)21(3,4)5;;;;;;/h7-15H,1-6H3;6-13H,1-5H3;2*1H3;2*1H;1H2;. The molecule has 266 valence electrons. The second kappa shape index (κ2) is 13.6. The zero-order valence-corrected chi connectivity index (χ0v) is 39.3. The Kier molecular flexibility index (Phi) is 11.1.